The number of hydrogen-bond donors (Lipinski definition) is 0. The van der Waals surface area contributed by atoms with Crippen LogP contribution in [0, 0.1) is 12.3 Å². The van der Waals surface area contributed by atoms with Crippen LogP contribution in [-0.2, 0) is 0 Å². The number of rotatable bonds is 2. The maximum absolute atomic E-state index is 5.30. The van der Waals surface area contributed by atoms with Crippen LogP contribution in [0.25, 0.3) is 0 Å². The van der Waals surface area contributed by atoms with Crippen LogP contribution in [0.3, 0.4) is 0 Å². The Hall–Kier alpha value is -0.520. The van der Waals surface area contributed by atoms with Gasteiger partial charge in [-0.1, -0.05) is 5.92 Å². The Labute approximate surface area is 82.1 Å². The summed E-state index contributed by atoms with van der Waals surface area (Å²) in [6, 6.07) is 6.10. The zero-order valence-electron chi connectivity index (χ0n) is 7.13. The fourth-order valence-corrected chi connectivity index (χ4v) is 2.40. The summed E-state index contributed by atoms with van der Waals surface area (Å²) >= 11 is 3.48. The molecule has 0 radical (unpaired) electrons. The molecule has 0 saturated carbocycles. The van der Waals surface area contributed by atoms with Gasteiger partial charge < -0.3 is 0 Å². The lowest BCUT2D eigenvalue weighted by atomic mass is 10.2. The molecule has 0 atom stereocenters. The van der Waals surface area contributed by atoms with Gasteiger partial charge in [-0.05, 0) is 30.7 Å². The first-order valence-electron chi connectivity index (χ1n) is 3.50. The molecule has 2 heteroatoms. The molecule has 0 N–H and O–H groups in total. The third-order valence-electron chi connectivity index (χ3n) is 1.55. The zero-order chi connectivity index (χ0) is 8.97. The average molecular weight is 194 g/mol. The minimum absolute atomic E-state index is 0.956. The van der Waals surface area contributed by atoms with Crippen LogP contribution in [0.4, 0.5) is 0 Å². The maximum atomic E-state index is 5.30. The molecule has 1 rings (SSSR count). The van der Waals surface area contributed by atoms with E-state index in [0.29, 0.717) is 0 Å². The second kappa shape index (κ2) is 4.49. The minimum Gasteiger partial charge on any atom is -0.128 e. The van der Waals surface area contributed by atoms with Crippen molar-refractivity contribution in [2.45, 2.75) is 9.79 Å². The normalized spacial score (nSPS) is 9.42. The first kappa shape index (κ1) is 9.57. The summed E-state index contributed by atoms with van der Waals surface area (Å²) in [6.07, 6.45) is 9.44. The molecule has 0 amide bonds. The number of benzene rings is 1. The fraction of sp³-hybridized carbons (Fsp3) is 0.200. The first-order valence-corrected chi connectivity index (χ1v) is 5.95. The zero-order valence-corrected chi connectivity index (χ0v) is 8.76. The van der Waals surface area contributed by atoms with E-state index in [1.165, 1.54) is 9.79 Å². The predicted octanol–water partition coefficient (Wildman–Crippen LogP) is 3.11. The average Bonchev–Trinajstić information content (AvgIpc) is 2.16. The standard InChI is InChI=1S/C10H10S2/c1-4-8-5-6-9(11-2)10(7-8)12-3/h1,5-7H,2-3H3. The van der Waals surface area contributed by atoms with Crippen molar-refractivity contribution in [1.82, 2.24) is 0 Å². The molecule has 0 fully saturated rings. The second-order valence-corrected chi connectivity index (χ2v) is 3.91. The van der Waals surface area contributed by atoms with Gasteiger partial charge in [0.15, 0.2) is 0 Å². The van der Waals surface area contributed by atoms with E-state index in [1.807, 2.05) is 6.07 Å². The van der Waals surface area contributed by atoms with Gasteiger partial charge in [-0.25, -0.2) is 0 Å². The first-order chi connectivity index (χ1) is 5.81. The molecule has 0 aliphatic carbocycles. The highest BCUT2D eigenvalue weighted by molar-refractivity contribution is 8.01. The highest BCUT2D eigenvalue weighted by atomic mass is 32.2. The number of hydrogen-bond acceptors (Lipinski definition) is 2. The lowest BCUT2D eigenvalue weighted by Gasteiger charge is -2.03. The summed E-state index contributed by atoms with van der Waals surface area (Å²) in [5.41, 5.74) is 0.956. The van der Waals surface area contributed by atoms with E-state index in [2.05, 4.69) is 30.6 Å². The fourth-order valence-electron chi connectivity index (χ4n) is 0.926. The molecule has 0 aliphatic rings. The van der Waals surface area contributed by atoms with Crippen molar-refractivity contribution < 1.29 is 0 Å². The van der Waals surface area contributed by atoms with Gasteiger partial charge in [-0.15, -0.1) is 29.9 Å². The smallest absolute Gasteiger partial charge is 0.0254 e. The lowest BCUT2D eigenvalue weighted by Crippen LogP contribution is -1.79. The Morgan fingerprint density at radius 3 is 2.33 bits per heavy atom. The van der Waals surface area contributed by atoms with E-state index in [4.69, 9.17) is 6.42 Å². The molecule has 12 heavy (non-hydrogen) atoms. The Morgan fingerprint density at radius 2 is 1.83 bits per heavy atom. The highest BCUT2D eigenvalue weighted by Crippen LogP contribution is 2.28. The van der Waals surface area contributed by atoms with Gasteiger partial charge in [0.25, 0.3) is 0 Å². The summed E-state index contributed by atoms with van der Waals surface area (Å²) in [6.45, 7) is 0. The van der Waals surface area contributed by atoms with E-state index in [-0.39, 0.29) is 0 Å². The largest absolute Gasteiger partial charge is 0.128 e. The highest BCUT2D eigenvalue weighted by Gasteiger charge is 1.99. The molecule has 0 aromatic heterocycles. The van der Waals surface area contributed by atoms with E-state index < -0.39 is 0 Å². The molecule has 0 bridgehead atoms. The van der Waals surface area contributed by atoms with Gasteiger partial charge in [-0.3, -0.25) is 0 Å². The SMILES string of the molecule is C#Cc1ccc(SC)c(SC)c1. The molecule has 0 nitrogen and oxygen atoms in total. The van der Waals surface area contributed by atoms with Crippen molar-refractivity contribution in [2.75, 3.05) is 12.5 Å². The molecule has 0 aliphatic heterocycles. The molecule has 1 aromatic rings. The summed E-state index contributed by atoms with van der Waals surface area (Å²) in [4.78, 5) is 2.56. The molecular weight excluding hydrogens is 184 g/mol. The van der Waals surface area contributed by atoms with E-state index in [9.17, 15) is 0 Å². The predicted molar refractivity (Wildman–Crippen MR) is 57.9 cm³/mol. The van der Waals surface area contributed by atoms with Crippen molar-refractivity contribution >= 4 is 23.5 Å². The maximum Gasteiger partial charge on any atom is 0.0254 e. The Morgan fingerprint density at radius 1 is 1.17 bits per heavy atom. The lowest BCUT2D eigenvalue weighted by molar-refractivity contribution is 1.25. The van der Waals surface area contributed by atoms with E-state index in [1.54, 1.807) is 23.5 Å². The molecule has 0 spiro atoms. The molecule has 0 unspecified atom stereocenters. The van der Waals surface area contributed by atoms with Crippen molar-refractivity contribution in [2.24, 2.45) is 0 Å². The van der Waals surface area contributed by atoms with Gasteiger partial charge in [0.1, 0.15) is 0 Å². The second-order valence-electron chi connectivity index (χ2n) is 2.21. The molecule has 0 heterocycles. The molecule has 0 saturated heterocycles. The minimum atomic E-state index is 0.956. The topological polar surface area (TPSA) is 0 Å². The summed E-state index contributed by atoms with van der Waals surface area (Å²) < 4.78 is 0. The van der Waals surface area contributed by atoms with Crippen LogP contribution < -0.4 is 0 Å². The monoisotopic (exact) mass is 194 g/mol. The van der Waals surface area contributed by atoms with Gasteiger partial charge in [0.05, 0.1) is 0 Å². The Balaban J connectivity index is 3.13. The van der Waals surface area contributed by atoms with E-state index >= 15 is 0 Å². The number of terminal acetylenes is 1. The van der Waals surface area contributed by atoms with Crippen molar-refractivity contribution in [3.8, 4) is 12.3 Å². The van der Waals surface area contributed by atoms with Crippen molar-refractivity contribution in [3.63, 3.8) is 0 Å². The molecular formula is C10H10S2. The van der Waals surface area contributed by atoms with Crippen molar-refractivity contribution in [1.29, 1.82) is 0 Å². The van der Waals surface area contributed by atoms with Crippen molar-refractivity contribution in [3.05, 3.63) is 23.8 Å². The number of thioether (sulfide) groups is 2. The Bertz CT molecular complexity index is 310. The molecule has 1 aromatic carbocycles. The van der Waals surface area contributed by atoms with Crippen LogP contribution in [0.15, 0.2) is 28.0 Å². The van der Waals surface area contributed by atoms with Gasteiger partial charge in [-0.2, -0.15) is 0 Å². The van der Waals surface area contributed by atoms with Crippen LogP contribution >= 0.6 is 23.5 Å². The molecule has 62 valence electrons. The summed E-state index contributed by atoms with van der Waals surface area (Å²) in [7, 11) is 0. The van der Waals surface area contributed by atoms with Crippen LogP contribution in [0.2, 0.25) is 0 Å². The van der Waals surface area contributed by atoms with E-state index in [0.717, 1.165) is 5.56 Å². The van der Waals surface area contributed by atoms with Crippen LogP contribution in [0.5, 0.6) is 0 Å². The summed E-state index contributed by atoms with van der Waals surface area (Å²) in [5.74, 6) is 2.63. The van der Waals surface area contributed by atoms with Crippen LogP contribution in [0.1, 0.15) is 5.56 Å². The third kappa shape index (κ3) is 2.00. The quantitative estimate of drug-likeness (QED) is 0.524. The van der Waals surface area contributed by atoms with Gasteiger partial charge in [0.2, 0.25) is 0 Å². The third-order valence-corrected chi connectivity index (χ3v) is 3.25. The summed E-state index contributed by atoms with van der Waals surface area (Å²) in [5, 5.41) is 0. The Kier molecular flexibility index (Phi) is 3.58. The van der Waals surface area contributed by atoms with Gasteiger partial charge in [0, 0.05) is 15.4 Å². The van der Waals surface area contributed by atoms with Crippen LogP contribution in [-0.4, -0.2) is 12.5 Å². The van der Waals surface area contributed by atoms with Gasteiger partial charge >= 0.3 is 0 Å².